The molecule has 2 heterocycles. The smallest absolute Gasteiger partial charge is 0.103 e. The van der Waals surface area contributed by atoms with E-state index in [2.05, 4.69) is 28.2 Å². The third-order valence-corrected chi connectivity index (χ3v) is 3.46. The van der Waals surface area contributed by atoms with Crippen LogP contribution in [0.15, 0.2) is 58.7 Å². The number of aromatic amines is 1. The summed E-state index contributed by atoms with van der Waals surface area (Å²) >= 11 is 1.53. The quantitative estimate of drug-likeness (QED) is 0.757. The Kier molecular flexibility index (Phi) is 2.75. The lowest BCUT2D eigenvalue weighted by atomic mass is 10.3. The molecule has 4 heteroatoms. The van der Waals surface area contributed by atoms with Crippen LogP contribution in [0.3, 0.4) is 0 Å². The lowest BCUT2D eigenvalue weighted by Gasteiger charge is -1.97. The molecule has 0 fully saturated rings. The van der Waals surface area contributed by atoms with Gasteiger partial charge in [-0.2, -0.15) is 5.26 Å². The number of nitriles is 1. The summed E-state index contributed by atoms with van der Waals surface area (Å²) in [6.45, 7) is 0. The summed E-state index contributed by atoms with van der Waals surface area (Å²) in [5.74, 6) is 0. The molecule has 86 valence electrons. The molecule has 0 unspecified atom stereocenters. The normalized spacial score (nSPS) is 10.4. The van der Waals surface area contributed by atoms with Gasteiger partial charge in [-0.1, -0.05) is 30.0 Å². The van der Waals surface area contributed by atoms with Crippen LogP contribution in [0, 0.1) is 11.3 Å². The number of H-pyrrole nitrogens is 1. The third-order valence-electron chi connectivity index (χ3n) is 2.58. The summed E-state index contributed by atoms with van der Waals surface area (Å²) < 4.78 is 0. The largest absolute Gasteiger partial charge is 0.349 e. The summed E-state index contributed by atoms with van der Waals surface area (Å²) in [6.07, 6.45) is 1.66. The zero-order chi connectivity index (χ0) is 12.4. The number of fused-ring (bicyclic) bond motifs is 1. The van der Waals surface area contributed by atoms with E-state index in [9.17, 15) is 0 Å². The van der Waals surface area contributed by atoms with Gasteiger partial charge in [-0.3, -0.25) is 0 Å². The Morgan fingerprint density at radius 2 is 2.06 bits per heavy atom. The van der Waals surface area contributed by atoms with Crippen LogP contribution in [-0.2, 0) is 0 Å². The average Bonchev–Trinajstić information content (AvgIpc) is 2.81. The Hall–Kier alpha value is -2.25. The maximum Gasteiger partial charge on any atom is 0.103 e. The number of hydrogen-bond donors (Lipinski definition) is 1. The molecule has 18 heavy (non-hydrogen) atoms. The van der Waals surface area contributed by atoms with E-state index in [0.29, 0.717) is 5.56 Å². The van der Waals surface area contributed by atoms with Crippen LogP contribution in [0.5, 0.6) is 0 Å². The standard InChI is InChI=1S/C14H9N3S/c15-9-10-5-6-16-13(7-10)18-14-8-11-3-1-2-4-12(11)17-14/h1-8,17H. The van der Waals surface area contributed by atoms with Crippen LogP contribution in [-0.4, -0.2) is 9.97 Å². The third kappa shape index (κ3) is 2.08. The Balaban J connectivity index is 1.94. The van der Waals surface area contributed by atoms with Crippen molar-refractivity contribution in [3.05, 3.63) is 54.2 Å². The molecule has 0 aliphatic rings. The minimum absolute atomic E-state index is 0.628. The van der Waals surface area contributed by atoms with Gasteiger partial charge in [0.2, 0.25) is 0 Å². The summed E-state index contributed by atoms with van der Waals surface area (Å²) in [6, 6.07) is 15.8. The molecule has 3 aromatic rings. The Labute approximate surface area is 108 Å². The van der Waals surface area contributed by atoms with E-state index < -0.39 is 0 Å². The van der Waals surface area contributed by atoms with E-state index in [4.69, 9.17) is 5.26 Å². The van der Waals surface area contributed by atoms with E-state index in [0.717, 1.165) is 15.6 Å². The van der Waals surface area contributed by atoms with Crippen molar-refractivity contribution in [2.24, 2.45) is 0 Å². The van der Waals surface area contributed by atoms with Crippen molar-refractivity contribution in [1.82, 2.24) is 9.97 Å². The predicted octanol–water partition coefficient (Wildman–Crippen LogP) is 3.59. The van der Waals surface area contributed by atoms with Crippen molar-refractivity contribution in [3.63, 3.8) is 0 Å². The fraction of sp³-hybridized carbons (Fsp3) is 0. The van der Waals surface area contributed by atoms with Crippen molar-refractivity contribution in [2.75, 3.05) is 0 Å². The van der Waals surface area contributed by atoms with Gasteiger partial charge in [0.25, 0.3) is 0 Å². The highest BCUT2D eigenvalue weighted by Crippen LogP contribution is 2.28. The highest BCUT2D eigenvalue weighted by molar-refractivity contribution is 7.99. The van der Waals surface area contributed by atoms with Gasteiger partial charge in [0.15, 0.2) is 0 Å². The van der Waals surface area contributed by atoms with Gasteiger partial charge in [-0.15, -0.1) is 0 Å². The molecule has 0 atom stereocenters. The van der Waals surface area contributed by atoms with Gasteiger partial charge in [0.05, 0.1) is 16.7 Å². The molecule has 3 nitrogen and oxygen atoms in total. The Morgan fingerprint density at radius 3 is 2.89 bits per heavy atom. The molecule has 0 aliphatic heterocycles. The molecular weight excluding hydrogens is 242 g/mol. The molecule has 0 radical (unpaired) electrons. The highest BCUT2D eigenvalue weighted by atomic mass is 32.2. The van der Waals surface area contributed by atoms with Gasteiger partial charge >= 0.3 is 0 Å². The molecule has 0 saturated heterocycles. The van der Waals surface area contributed by atoms with E-state index in [1.165, 1.54) is 17.1 Å². The minimum Gasteiger partial charge on any atom is -0.349 e. The van der Waals surface area contributed by atoms with E-state index >= 15 is 0 Å². The second-order valence-corrected chi connectivity index (χ2v) is 4.88. The zero-order valence-corrected chi connectivity index (χ0v) is 10.2. The van der Waals surface area contributed by atoms with Crippen LogP contribution in [0.1, 0.15) is 5.56 Å². The SMILES string of the molecule is N#Cc1ccnc(Sc2cc3ccccc3[nH]2)c1. The highest BCUT2D eigenvalue weighted by Gasteiger charge is 2.03. The van der Waals surface area contributed by atoms with E-state index in [1.807, 2.05) is 18.2 Å². The lowest BCUT2D eigenvalue weighted by molar-refractivity contribution is 1.11. The zero-order valence-electron chi connectivity index (χ0n) is 9.42. The molecule has 0 saturated carbocycles. The van der Waals surface area contributed by atoms with E-state index in [1.54, 1.807) is 18.3 Å². The molecular formula is C14H9N3S. The number of benzene rings is 1. The number of hydrogen-bond acceptors (Lipinski definition) is 3. The van der Waals surface area contributed by atoms with Crippen LogP contribution >= 0.6 is 11.8 Å². The summed E-state index contributed by atoms with van der Waals surface area (Å²) in [5, 5.41) is 11.9. The van der Waals surface area contributed by atoms with Crippen molar-refractivity contribution >= 4 is 22.7 Å². The molecule has 0 amide bonds. The number of rotatable bonds is 2. The maximum absolute atomic E-state index is 8.85. The monoisotopic (exact) mass is 251 g/mol. The second-order valence-electron chi connectivity index (χ2n) is 3.82. The summed E-state index contributed by atoms with van der Waals surface area (Å²) in [5.41, 5.74) is 1.74. The van der Waals surface area contributed by atoms with Gasteiger partial charge < -0.3 is 4.98 Å². The number of nitrogens with one attached hydrogen (secondary N) is 1. The summed E-state index contributed by atoms with van der Waals surface area (Å²) in [7, 11) is 0. The number of para-hydroxylation sites is 1. The first-order valence-corrected chi connectivity index (χ1v) is 6.28. The topological polar surface area (TPSA) is 52.5 Å². The Morgan fingerprint density at radius 1 is 1.17 bits per heavy atom. The average molecular weight is 251 g/mol. The molecule has 0 spiro atoms. The van der Waals surface area contributed by atoms with Crippen LogP contribution in [0.4, 0.5) is 0 Å². The van der Waals surface area contributed by atoms with Gasteiger partial charge in [-0.25, -0.2) is 4.98 Å². The minimum atomic E-state index is 0.628. The van der Waals surface area contributed by atoms with Crippen LogP contribution in [0.25, 0.3) is 10.9 Å². The molecule has 0 aliphatic carbocycles. The first kappa shape index (κ1) is 10.9. The van der Waals surface area contributed by atoms with Crippen molar-refractivity contribution in [2.45, 2.75) is 10.1 Å². The lowest BCUT2D eigenvalue weighted by Crippen LogP contribution is -1.81. The number of aromatic nitrogens is 2. The van der Waals surface area contributed by atoms with Gasteiger partial charge in [0.1, 0.15) is 5.03 Å². The Bertz CT molecular complexity index is 707. The van der Waals surface area contributed by atoms with Crippen LogP contribution < -0.4 is 0 Å². The number of nitrogens with zero attached hydrogens (tertiary/aromatic N) is 2. The molecule has 1 N–H and O–H groups in total. The molecule has 1 aromatic carbocycles. The van der Waals surface area contributed by atoms with Crippen LogP contribution in [0.2, 0.25) is 0 Å². The first-order chi connectivity index (χ1) is 8.85. The predicted molar refractivity (Wildman–Crippen MR) is 71.4 cm³/mol. The van der Waals surface area contributed by atoms with Gasteiger partial charge in [0, 0.05) is 17.1 Å². The van der Waals surface area contributed by atoms with Gasteiger partial charge in [-0.05, 0) is 24.3 Å². The summed E-state index contributed by atoms with van der Waals surface area (Å²) in [4.78, 5) is 7.57. The van der Waals surface area contributed by atoms with Crippen molar-refractivity contribution in [3.8, 4) is 6.07 Å². The fourth-order valence-electron chi connectivity index (χ4n) is 1.75. The first-order valence-electron chi connectivity index (χ1n) is 5.47. The molecule has 3 rings (SSSR count). The fourth-order valence-corrected chi connectivity index (χ4v) is 2.62. The van der Waals surface area contributed by atoms with Crippen molar-refractivity contribution < 1.29 is 0 Å². The molecule has 0 bridgehead atoms. The number of pyridine rings is 1. The van der Waals surface area contributed by atoms with Crippen molar-refractivity contribution in [1.29, 1.82) is 5.26 Å². The molecule has 2 aromatic heterocycles. The second kappa shape index (κ2) is 4.55. The maximum atomic E-state index is 8.85. The van der Waals surface area contributed by atoms with E-state index in [-0.39, 0.29) is 0 Å².